The van der Waals surface area contributed by atoms with Crippen molar-refractivity contribution in [3.05, 3.63) is 47.5 Å². The molecule has 2 aromatic rings. The number of carbonyl (C=O) groups is 3. The second-order valence-electron chi connectivity index (χ2n) is 7.70. The molecule has 3 N–H and O–H groups in total. The molecule has 1 atom stereocenters. The van der Waals surface area contributed by atoms with Gasteiger partial charge < -0.3 is 24.3 Å². The van der Waals surface area contributed by atoms with Crippen molar-refractivity contribution in [2.24, 2.45) is 5.92 Å². The number of methoxy groups -OCH3 is 4. The topological polar surface area (TPSA) is 132 Å². The number of ketones is 1. The van der Waals surface area contributed by atoms with Gasteiger partial charge in [-0.3, -0.25) is 19.6 Å². The lowest BCUT2D eigenvalue weighted by Gasteiger charge is -2.17. The van der Waals surface area contributed by atoms with E-state index >= 15 is 0 Å². The largest absolute Gasteiger partial charge is 0.496 e. The highest BCUT2D eigenvalue weighted by molar-refractivity contribution is 6.01. The molecule has 0 saturated carbocycles. The van der Waals surface area contributed by atoms with Gasteiger partial charge in [0.25, 0.3) is 0 Å². The number of hydrogen-bond donors (Lipinski definition) is 3. The van der Waals surface area contributed by atoms with Crippen LogP contribution in [0.1, 0.15) is 35.2 Å². The number of rotatable bonds is 14. The molecule has 190 valence electrons. The number of hydroxylamine groups is 1. The lowest BCUT2D eigenvalue weighted by molar-refractivity contribution is -0.134. The van der Waals surface area contributed by atoms with Crippen LogP contribution in [-0.2, 0) is 16.0 Å². The van der Waals surface area contributed by atoms with Gasteiger partial charge in [0.05, 0.1) is 40.5 Å². The van der Waals surface area contributed by atoms with Gasteiger partial charge in [0.15, 0.2) is 17.3 Å². The number of Topliss-reactive ketones (excluding diaryl/α,β-unsaturated/α-hetero) is 1. The Hall–Kier alpha value is -3.79. The van der Waals surface area contributed by atoms with E-state index in [1.54, 1.807) is 29.7 Å². The number of para-hydroxylation sites is 1. The Balaban J connectivity index is 2.04. The molecule has 2 rings (SSSR count). The molecule has 0 radical (unpaired) electrons. The van der Waals surface area contributed by atoms with Crippen LogP contribution in [-0.4, -0.2) is 57.8 Å². The van der Waals surface area contributed by atoms with E-state index in [-0.39, 0.29) is 18.7 Å². The Morgan fingerprint density at radius 1 is 0.914 bits per heavy atom. The highest BCUT2D eigenvalue weighted by Gasteiger charge is 2.23. The Morgan fingerprint density at radius 2 is 1.54 bits per heavy atom. The normalized spacial score (nSPS) is 11.2. The van der Waals surface area contributed by atoms with Crippen molar-refractivity contribution in [2.45, 2.75) is 25.7 Å². The number of amides is 2. The summed E-state index contributed by atoms with van der Waals surface area (Å²) in [6.45, 7) is -0.247. The zero-order chi connectivity index (χ0) is 25.8. The number of ether oxygens (including phenoxy) is 4. The predicted octanol–water partition coefficient (Wildman–Crippen LogP) is 2.55. The molecule has 0 saturated heterocycles. The fourth-order valence-electron chi connectivity index (χ4n) is 3.71. The van der Waals surface area contributed by atoms with Crippen LogP contribution in [0.3, 0.4) is 0 Å². The lowest BCUT2D eigenvalue weighted by atomic mass is 9.95. The second kappa shape index (κ2) is 13.8. The number of benzene rings is 2. The van der Waals surface area contributed by atoms with Gasteiger partial charge in [0.2, 0.25) is 17.6 Å². The highest BCUT2D eigenvalue weighted by Crippen LogP contribution is 2.38. The third-order valence-corrected chi connectivity index (χ3v) is 5.50. The summed E-state index contributed by atoms with van der Waals surface area (Å²) in [5.74, 6) is -0.274. The van der Waals surface area contributed by atoms with E-state index in [0.29, 0.717) is 47.8 Å². The van der Waals surface area contributed by atoms with Crippen molar-refractivity contribution >= 4 is 17.6 Å². The summed E-state index contributed by atoms with van der Waals surface area (Å²) in [7, 11) is 6.04. The zero-order valence-corrected chi connectivity index (χ0v) is 20.4. The van der Waals surface area contributed by atoms with Gasteiger partial charge >= 0.3 is 0 Å². The summed E-state index contributed by atoms with van der Waals surface area (Å²) in [4.78, 5) is 37.1. The summed E-state index contributed by atoms with van der Waals surface area (Å²) in [5.41, 5.74) is 2.81. The molecule has 1 unspecified atom stereocenters. The monoisotopic (exact) mass is 488 g/mol. The minimum Gasteiger partial charge on any atom is -0.496 e. The standard InChI is InChI=1S/C25H32N2O8/c1-32-20-11-6-5-10-18(20)19(28)15-26-25(30)17(14-23(29)27-31)9-7-8-16-12-21(33-2)24(35-4)22(13-16)34-3/h5-6,10-13,17,31H,7-9,14-15H2,1-4H3,(H,26,30)(H,27,29). The Bertz CT molecular complexity index is 999. The Labute approximate surface area is 204 Å². The number of hydrogen-bond acceptors (Lipinski definition) is 8. The number of nitrogens with one attached hydrogen (secondary N) is 2. The van der Waals surface area contributed by atoms with E-state index in [2.05, 4.69) is 5.32 Å². The first kappa shape index (κ1) is 27.5. The summed E-state index contributed by atoms with van der Waals surface area (Å²) in [5, 5.41) is 11.5. The van der Waals surface area contributed by atoms with Crippen LogP contribution in [0.5, 0.6) is 23.0 Å². The lowest BCUT2D eigenvalue weighted by Crippen LogP contribution is -2.37. The molecule has 0 aliphatic heterocycles. The van der Waals surface area contributed by atoms with Crippen LogP contribution in [0.4, 0.5) is 0 Å². The van der Waals surface area contributed by atoms with Gasteiger partial charge in [-0.05, 0) is 49.1 Å². The van der Waals surface area contributed by atoms with E-state index in [9.17, 15) is 14.4 Å². The van der Waals surface area contributed by atoms with E-state index in [1.807, 2.05) is 12.1 Å². The van der Waals surface area contributed by atoms with Gasteiger partial charge in [-0.1, -0.05) is 12.1 Å². The average Bonchev–Trinajstić information content (AvgIpc) is 2.89. The van der Waals surface area contributed by atoms with E-state index in [1.165, 1.54) is 28.4 Å². The van der Waals surface area contributed by atoms with Gasteiger partial charge in [-0.2, -0.15) is 0 Å². The van der Waals surface area contributed by atoms with Crippen molar-refractivity contribution in [3.63, 3.8) is 0 Å². The van der Waals surface area contributed by atoms with Crippen LogP contribution in [0.2, 0.25) is 0 Å². The molecule has 2 amide bonds. The van der Waals surface area contributed by atoms with Crippen LogP contribution in [0.15, 0.2) is 36.4 Å². The summed E-state index contributed by atoms with van der Waals surface area (Å²) in [6.07, 6.45) is 1.25. The molecule has 10 heteroatoms. The fraction of sp³-hybridized carbons (Fsp3) is 0.400. The quantitative estimate of drug-likeness (QED) is 0.210. The first-order chi connectivity index (χ1) is 16.9. The molecule has 0 aliphatic carbocycles. The first-order valence-electron chi connectivity index (χ1n) is 11.0. The highest BCUT2D eigenvalue weighted by atomic mass is 16.5. The molecule has 10 nitrogen and oxygen atoms in total. The summed E-state index contributed by atoms with van der Waals surface area (Å²) in [6, 6.07) is 10.4. The smallest absolute Gasteiger partial charge is 0.244 e. The maximum atomic E-state index is 12.8. The van der Waals surface area contributed by atoms with Crippen molar-refractivity contribution < 1.29 is 38.5 Å². The van der Waals surface area contributed by atoms with Crippen molar-refractivity contribution in [1.82, 2.24) is 10.8 Å². The van der Waals surface area contributed by atoms with Crippen molar-refractivity contribution in [2.75, 3.05) is 35.0 Å². The minimum atomic E-state index is -0.741. The summed E-state index contributed by atoms with van der Waals surface area (Å²) >= 11 is 0. The molecule has 0 bridgehead atoms. The predicted molar refractivity (Wildman–Crippen MR) is 127 cm³/mol. The van der Waals surface area contributed by atoms with E-state index in [4.69, 9.17) is 24.2 Å². The SMILES string of the molecule is COc1ccccc1C(=O)CNC(=O)C(CCCc1cc(OC)c(OC)c(OC)c1)CC(=O)NO. The zero-order valence-electron chi connectivity index (χ0n) is 20.4. The van der Waals surface area contributed by atoms with E-state index in [0.717, 1.165) is 5.56 Å². The van der Waals surface area contributed by atoms with Gasteiger partial charge in [0, 0.05) is 12.3 Å². The molecule has 0 spiro atoms. The number of aryl methyl sites for hydroxylation is 1. The maximum absolute atomic E-state index is 12.8. The van der Waals surface area contributed by atoms with Crippen LogP contribution < -0.4 is 29.7 Å². The molecule has 0 aromatic heterocycles. The minimum absolute atomic E-state index is 0.222. The molecular formula is C25H32N2O8. The molecule has 35 heavy (non-hydrogen) atoms. The van der Waals surface area contributed by atoms with Crippen LogP contribution in [0, 0.1) is 5.92 Å². The Morgan fingerprint density at radius 3 is 2.11 bits per heavy atom. The second-order valence-corrected chi connectivity index (χ2v) is 7.70. The van der Waals surface area contributed by atoms with Crippen molar-refractivity contribution in [3.8, 4) is 23.0 Å². The first-order valence-corrected chi connectivity index (χ1v) is 11.0. The Kier molecular flexibility index (Phi) is 10.8. The van der Waals surface area contributed by atoms with Crippen molar-refractivity contribution in [1.29, 1.82) is 0 Å². The maximum Gasteiger partial charge on any atom is 0.244 e. The van der Waals surface area contributed by atoms with Gasteiger partial charge in [-0.25, -0.2) is 5.48 Å². The fourth-order valence-corrected chi connectivity index (χ4v) is 3.71. The molecule has 0 heterocycles. The van der Waals surface area contributed by atoms with Gasteiger partial charge in [0.1, 0.15) is 5.75 Å². The van der Waals surface area contributed by atoms with Crippen LogP contribution >= 0.6 is 0 Å². The molecule has 2 aromatic carbocycles. The molecular weight excluding hydrogens is 456 g/mol. The average molecular weight is 489 g/mol. The van der Waals surface area contributed by atoms with Crippen LogP contribution in [0.25, 0.3) is 0 Å². The van der Waals surface area contributed by atoms with E-state index < -0.39 is 17.7 Å². The number of carbonyl (C=O) groups excluding carboxylic acids is 3. The van der Waals surface area contributed by atoms with Gasteiger partial charge in [-0.15, -0.1) is 0 Å². The molecule has 0 aliphatic rings. The molecule has 0 fully saturated rings. The summed E-state index contributed by atoms with van der Waals surface area (Å²) < 4.78 is 21.3. The third kappa shape index (κ3) is 7.61. The third-order valence-electron chi connectivity index (χ3n) is 5.50.